The summed E-state index contributed by atoms with van der Waals surface area (Å²) in [4.78, 5) is 27.6. The Morgan fingerprint density at radius 2 is 1.76 bits per heavy atom. The highest BCUT2D eigenvalue weighted by molar-refractivity contribution is 5.85. The molecule has 0 aromatic carbocycles. The van der Waals surface area contributed by atoms with Gasteiger partial charge in [-0.15, -0.1) is 12.4 Å². The van der Waals surface area contributed by atoms with Crippen molar-refractivity contribution in [3.05, 3.63) is 0 Å². The molecule has 1 amide bonds. The average Bonchev–Trinajstić information content (AvgIpc) is 2.46. The number of amides is 1. The molecule has 2 fully saturated rings. The van der Waals surface area contributed by atoms with Gasteiger partial charge >= 0.3 is 5.97 Å². The van der Waals surface area contributed by atoms with Crippen LogP contribution in [0.5, 0.6) is 0 Å². The summed E-state index contributed by atoms with van der Waals surface area (Å²) in [6.07, 6.45) is 3.76. The molecule has 21 heavy (non-hydrogen) atoms. The molecule has 2 rings (SSSR count). The Balaban J connectivity index is 0.00000220. The van der Waals surface area contributed by atoms with E-state index in [-0.39, 0.29) is 30.3 Å². The highest BCUT2D eigenvalue weighted by Crippen LogP contribution is 2.21. The third-order valence-electron chi connectivity index (χ3n) is 4.80. The molecule has 2 aliphatic rings. The molecular weight excluding hydrogens is 292 g/mol. The van der Waals surface area contributed by atoms with E-state index in [0.717, 1.165) is 45.3 Å². The van der Waals surface area contributed by atoms with E-state index in [4.69, 9.17) is 5.11 Å². The largest absolute Gasteiger partial charge is 0.481 e. The van der Waals surface area contributed by atoms with Crippen molar-refractivity contribution in [2.45, 2.75) is 45.6 Å². The van der Waals surface area contributed by atoms with Crippen molar-refractivity contribution in [1.82, 2.24) is 9.80 Å². The summed E-state index contributed by atoms with van der Waals surface area (Å²) in [5.41, 5.74) is 0. The standard InChI is InChI=1S/C15H26N2O3.ClH/c1-11-5-8-16(9-6-11)14(18)12(2)17-7-3-4-13(10-17)15(19)20;/h11-13H,3-10H2,1-2H3,(H,19,20);1H. The first-order chi connectivity index (χ1) is 9.49. The van der Waals surface area contributed by atoms with E-state index >= 15 is 0 Å². The minimum absolute atomic E-state index is 0. The van der Waals surface area contributed by atoms with Gasteiger partial charge in [0.05, 0.1) is 12.0 Å². The lowest BCUT2D eigenvalue weighted by molar-refractivity contribution is -0.146. The maximum Gasteiger partial charge on any atom is 0.307 e. The summed E-state index contributed by atoms with van der Waals surface area (Å²) in [7, 11) is 0. The molecule has 0 aliphatic carbocycles. The summed E-state index contributed by atoms with van der Waals surface area (Å²) in [5.74, 6) is -0.176. The van der Waals surface area contributed by atoms with Gasteiger partial charge in [0.25, 0.3) is 0 Å². The second-order valence-corrected chi connectivity index (χ2v) is 6.36. The number of nitrogens with zero attached hydrogens (tertiary/aromatic N) is 2. The Bertz CT molecular complexity index is 370. The third-order valence-corrected chi connectivity index (χ3v) is 4.80. The lowest BCUT2D eigenvalue weighted by Crippen LogP contribution is -2.52. The molecule has 0 radical (unpaired) electrons. The highest BCUT2D eigenvalue weighted by Gasteiger charge is 2.33. The number of carboxylic acid groups (broad SMARTS) is 1. The number of aliphatic carboxylic acids is 1. The van der Waals surface area contributed by atoms with Crippen LogP contribution in [0.25, 0.3) is 0 Å². The molecule has 2 aliphatic heterocycles. The predicted molar refractivity (Wildman–Crippen MR) is 83.6 cm³/mol. The quantitative estimate of drug-likeness (QED) is 0.862. The van der Waals surface area contributed by atoms with Gasteiger partial charge in [0.2, 0.25) is 5.91 Å². The summed E-state index contributed by atoms with van der Waals surface area (Å²) in [6.45, 7) is 7.19. The van der Waals surface area contributed by atoms with Crippen molar-refractivity contribution in [2.75, 3.05) is 26.2 Å². The van der Waals surface area contributed by atoms with Crippen LogP contribution in [0.4, 0.5) is 0 Å². The van der Waals surface area contributed by atoms with E-state index < -0.39 is 5.97 Å². The van der Waals surface area contributed by atoms with E-state index in [1.807, 2.05) is 16.7 Å². The van der Waals surface area contributed by atoms with Crippen LogP contribution in [0.1, 0.15) is 39.5 Å². The molecule has 2 saturated heterocycles. The number of rotatable bonds is 3. The minimum atomic E-state index is -0.735. The first-order valence-electron chi connectivity index (χ1n) is 7.74. The van der Waals surface area contributed by atoms with Crippen LogP contribution >= 0.6 is 12.4 Å². The second kappa shape index (κ2) is 7.99. The molecule has 0 aromatic heterocycles. The first-order valence-corrected chi connectivity index (χ1v) is 7.74. The zero-order valence-corrected chi connectivity index (χ0v) is 13.8. The normalized spacial score (nSPS) is 26.0. The number of carbonyl (C=O) groups excluding carboxylic acids is 1. The van der Waals surface area contributed by atoms with Gasteiger partial charge in [-0.2, -0.15) is 0 Å². The van der Waals surface area contributed by atoms with Crippen molar-refractivity contribution >= 4 is 24.3 Å². The van der Waals surface area contributed by atoms with Gasteiger partial charge in [-0.1, -0.05) is 6.92 Å². The molecule has 2 unspecified atom stereocenters. The van der Waals surface area contributed by atoms with Crippen LogP contribution < -0.4 is 0 Å². The molecule has 0 spiro atoms. The monoisotopic (exact) mass is 318 g/mol. The van der Waals surface area contributed by atoms with Crippen LogP contribution in [0.3, 0.4) is 0 Å². The molecule has 6 heteroatoms. The van der Waals surface area contributed by atoms with Crippen LogP contribution in [-0.2, 0) is 9.59 Å². The summed E-state index contributed by atoms with van der Waals surface area (Å²) >= 11 is 0. The third kappa shape index (κ3) is 4.58. The van der Waals surface area contributed by atoms with Gasteiger partial charge in [0, 0.05) is 19.6 Å². The Morgan fingerprint density at radius 1 is 1.14 bits per heavy atom. The molecular formula is C15H27ClN2O3. The maximum atomic E-state index is 12.5. The number of hydrogen-bond acceptors (Lipinski definition) is 3. The van der Waals surface area contributed by atoms with Crippen molar-refractivity contribution in [3.63, 3.8) is 0 Å². The number of carbonyl (C=O) groups is 2. The Morgan fingerprint density at radius 3 is 2.33 bits per heavy atom. The first kappa shape index (κ1) is 18.2. The van der Waals surface area contributed by atoms with Crippen molar-refractivity contribution < 1.29 is 14.7 Å². The number of piperidine rings is 2. The topological polar surface area (TPSA) is 60.9 Å². The molecule has 0 saturated carbocycles. The van der Waals surface area contributed by atoms with Gasteiger partial charge in [-0.05, 0) is 45.1 Å². The highest BCUT2D eigenvalue weighted by atomic mass is 35.5. The second-order valence-electron chi connectivity index (χ2n) is 6.36. The molecule has 0 aromatic rings. The van der Waals surface area contributed by atoms with Gasteiger partial charge in [0.15, 0.2) is 0 Å². The van der Waals surface area contributed by atoms with Crippen molar-refractivity contribution in [2.24, 2.45) is 11.8 Å². The molecule has 5 nitrogen and oxygen atoms in total. The number of hydrogen-bond donors (Lipinski definition) is 1. The number of likely N-dealkylation sites (tertiary alicyclic amines) is 2. The van der Waals surface area contributed by atoms with Gasteiger partial charge in [-0.25, -0.2) is 0 Å². The van der Waals surface area contributed by atoms with Gasteiger partial charge in [-0.3, -0.25) is 14.5 Å². The smallest absolute Gasteiger partial charge is 0.307 e. The molecule has 2 heterocycles. The lowest BCUT2D eigenvalue weighted by atomic mass is 9.96. The summed E-state index contributed by atoms with van der Waals surface area (Å²) in [5, 5.41) is 9.13. The Kier molecular flexibility index (Phi) is 6.94. The molecule has 122 valence electrons. The van der Waals surface area contributed by atoms with Crippen molar-refractivity contribution in [1.29, 1.82) is 0 Å². The van der Waals surface area contributed by atoms with Crippen LogP contribution in [0.2, 0.25) is 0 Å². The number of carboxylic acids is 1. The van der Waals surface area contributed by atoms with Crippen LogP contribution in [-0.4, -0.2) is 59.0 Å². The van der Waals surface area contributed by atoms with E-state index in [0.29, 0.717) is 12.5 Å². The minimum Gasteiger partial charge on any atom is -0.481 e. The van der Waals surface area contributed by atoms with Gasteiger partial charge < -0.3 is 10.0 Å². The Labute approximate surface area is 133 Å². The van der Waals surface area contributed by atoms with Crippen LogP contribution in [0.15, 0.2) is 0 Å². The summed E-state index contributed by atoms with van der Waals surface area (Å²) in [6, 6.07) is -0.189. The van der Waals surface area contributed by atoms with Crippen molar-refractivity contribution in [3.8, 4) is 0 Å². The zero-order chi connectivity index (χ0) is 14.7. The fourth-order valence-corrected chi connectivity index (χ4v) is 3.21. The maximum absolute atomic E-state index is 12.5. The number of halogens is 1. The lowest BCUT2D eigenvalue weighted by Gasteiger charge is -2.38. The van der Waals surface area contributed by atoms with E-state index in [2.05, 4.69) is 6.92 Å². The molecule has 2 atom stereocenters. The SMILES string of the molecule is CC1CCN(C(=O)C(C)N2CCCC(C(=O)O)C2)CC1.Cl. The zero-order valence-electron chi connectivity index (χ0n) is 13.0. The fourth-order valence-electron chi connectivity index (χ4n) is 3.21. The average molecular weight is 319 g/mol. The van der Waals surface area contributed by atoms with E-state index in [1.165, 1.54) is 0 Å². The molecule has 0 bridgehead atoms. The van der Waals surface area contributed by atoms with Gasteiger partial charge in [0.1, 0.15) is 0 Å². The van der Waals surface area contributed by atoms with Crippen LogP contribution in [0, 0.1) is 11.8 Å². The Hall–Kier alpha value is -0.810. The van der Waals surface area contributed by atoms with E-state index in [1.54, 1.807) is 0 Å². The predicted octanol–water partition coefficient (Wildman–Crippen LogP) is 1.85. The molecule has 1 N–H and O–H groups in total. The fraction of sp³-hybridized carbons (Fsp3) is 0.867. The summed E-state index contributed by atoms with van der Waals surface area (Å²) < 4.78 is 0. The van der Waals surface area contributed by atoms with E-state index in [9.17, 15) is 9.59 Å².